The molecule has 2 aromatic carbocycles. The van der Waals surface area contributed by atoms with E-state index in [2.05, 4.69) is 9.71 Å². The summed E-state index contributed by atoms with van der Waals surface area (Å²) in [4.78, 5) is 15.2. The van der Waals surface area contributed by atoms with E-state index in [9.17, 15) is 17.6 Å². The minimum Gasteiger partial charge on any atom is -0.439 e. The topological polar surface area (TPSA) is 111 Å². The summed E-state index contributed by atoms with van der Waals surface area (Å²) in [6.07, 6.45) is 1.28. The molecule has 0 saturated heterocycles. The van der Waals surface area contributed by atoms with Crippen LogP contribution < -0.4 is 15.2 Å². The first-order chi connectivity index (χ1) is 13.2. The zero-order chi connectivity index (χ0) is 20.3. The van der Waals surface area contributed by atoms with Gasteiger partial charge in [-0.05, 0) is 55.0 Å². The standard InChI is InChI=1S/C19H16FN3O4S/c1-12-9-14(20)5-7-17(12)28(25,26)23-15-6-8-18(22-11-15)27-16-4-2-3-13(10-16)19(21)24/h2-11,23H,1H3,(H2,21,24). The minimum atomic E-state index is -3.90. The second-order valence-electron chi connectivity index (χ2n) is 5.89. The van der Waals surface area contributed by atoms with Crippen LogP contribution in [0, 0.1) is 12.7 Å². The van der Waals surface area contributed by atoms with Crippen molar-refractivity contribution in [2.24, 2.45) is 5.73 Å². The molecular weight excluding hydrogens is 385 g/mol. The molecule has 3 rings (SSSR count). The number of rotatable bonds is 6. The molecule has 9 heteroatoms. The first-order valence-electron chi connectivity index (χ1n) is 8.07. The number of sulfonamides is 1. The van der Waals surface area contributed by atoms with Crippen LogP contribution in [0.2, 0.25) is 0 Å². The zero-order valence-electron chi connectivity index (χ0n) is 14.7. The smallest absolute Gasteiger partial charge is 0.262 e. The zero-order valence-corrected chi connectivity index (χ0v) is 15.5. The predicted octanol–water partition coefficient (Wildman–Crippen LogP) is 3.22. The maximum Gasteiger partial charge on any atom is 0.262 e. The fourth-order valence-corrected chi connectivity index (χ4v) is 3.73. The number of amides is 1. The molecule has 7 nitrogen and oxygen atoms in total. The number of nitrogens with two attached hydrogens (primary N) is 1. The molecule has 0 spiro atoms. The average Bonchev–Trinajstić information content (AvgIpc) is 2.63. The van der Waals surface area contributed by atoms with Gasteiger partial charge in [-0.15, -0.1) is 0 Å². The number of carbonyl (C=O) groups excluding carboxylic acids is 1. The average molecular weight is 401 g/mol. The van der Waals surface area contributed by atoms with Gasteiger partial charge >= 0.3 is 0 Å². The summed E-state index contributed by atoms with van der Waals surface area (Å²) >= 11 is 0. The molecule has 3 N–H and O–H groups in total. The number of nitrogens with zero attached hydrogens (tertiary/aromatic N) is 1. The summed E-state index contributed by atoms with van der Waals surface area (Å²) in [5.74, 6) is -0.541. The van der Waals surface area contributed by atoms with E-state index < -0.39 is 21.7 Å². The van der Waals surface area contributed by atoms with Crippen molar-refractivity contribution in [1.82, 2.24) is 4.98 Å². The fourth-order valence-electron chi connectivity index (χ4n) is 2.46. The number of nitrogens with one attached hydrogen (secondary N) is 1. The third kappa shape index (κ3) is 4.44. The molecule has 0 saturated carbocycles. The number of carbonyl (C=O) groups is 1. The number of primary amides is 1. The Balaban J connectivity index is 1.75. The van der Waals surface area contributed by atoms with Gasteiger partial charge in [0.2, 0.25) is 11.8 Å². The Labute approximate surface area is 161 Å². The van der Waals surface area contributed by atoms with Crippen molar-refractivity contribution in [3.05, 3.63) is 77.7 Å². The number of aryl methyl sites for hydroxylation is 1. The highest BCUT2D eigenvalue weighted by atomic mass is 32.2. The summed E-state index contributed by atoms with van der Waals surface area (Å²) in [7, 11) is -3.90. The third-order valence-electron chi connectivity index (χ3n) is 3.76. The van der Waals surface area contributed by atoms with Crippen molar-refractivity contribution < 1.29 is 22.3 Å². The van der Waals surface area contributed by atoms with Gasteiger partial charge < -0.3 is 10.5 Å². The van der Waals surface area contributed by atoms with Crippen LogP contribution in [0.1, 0.15) is 15.9 Å². The van der Waals surface area contributed by atoms with Gasteiger partial charge in [0.25, 0.3) is 10.0 Å². The van der Waals surface area contributed by atoms with Crippen LogP contribution in [0.4, 0.5) is 10.1 Å². The number of anilines is 1. The van der Waals surface area contributed by atoms with E-state index in [0.717, 1.165) is 12.1 Å². The van der Waals surface area contributed by atoms with E-state index in [-0.39, 0.29) is 27.6 Å². The summed E-state index contributed by atoms with van der Waals surface area (Å²) in [5.41, 5.74) is 6.01. The van der Waals surface area contributed by atoms with Crippen LogP contribution in [0.15, 0.2) is 65.7 Å². The number of pyridine rings is 1. The largest absolute Gasteiger partial charge is 0.439 e. The molecule has 3 aromatic rings. The van der Waals surface area contributed by atoms with Gasteiger partial charge in [0.1, 0.15) is 11.6 Å². The van der Waals surface area contributed by atoms with Crippen LogP contribution >= 0.6 is 0 Å². The SMILES string of the molecule is Cc1cc(F)ccc1S(=O)(=O)Nc1ccc(Oc2cccc(C(N)=O)c2)nc1. The lowest BCUT2D eigenvalue weighted by atomic mass is 10.2. The van der Waals surface area contributed by atoms with Crippen molar-refractivity contribution in [3.8, 4) is 11.6 Å². The second kappa shape index (κ2) is 7.65. The van der Waals surface area contributed by atoms with Crippen LogP contribution in [0.5, 0.6) is 11.6 Å². The van der Waals surface area contributed by atoms with E-state index >= 15 is 0 Å². The van der Waals surface area contributed by atoms with Gasteiger partial charge in [0.05, 0.1) is 16.8 Å². The molecular formula is C19H16FN3O4S. The Morgan fingerprint density at radius 3 is 2.57 bits per heavy atom. The second-order valence-corrected chi connectivity index (χ2v) is 7.55. The van der Waals surface area contributed by atoms with Gasteiger partial charge in [-0.3, -0.25) is 9.52 Å². The number of aromatic nitrogens is 1. The van der Waals surface area contributed by atoms with E-state index in [1.54, 1.807) is 18.2 Å². The van der Waals surface area contributed by atoms with Crippen molar-refractivity contribution in [2.45, 2.75) is 11.8 Å². The summed E-state index contributed by atoms with van der Waals surface area (Å²) in [6, 6.07) is 12.6. The number of hydrogen-bond donors (Lipinski definition) is 2. The van der Waals surface area contributed by atoms with Gasteiger partial charge in [0.15, 0.2) is 0 Å². The first-order valence-corrected chi connectivity index (χ1v) is 9.56. The summed E-state index contributed by atoms with van der Waals surface area (Å²) < 4.78 is 46.1. The molecule has 28 heavy (non-hydrogen) atoms. The van der Waals surface area contributed by atoms with E-state index in [1.807, 2.05) is 0 Å². The molecule has 0 unspecified atom stereocenters. The molecule has 0 aliphatic rings. The van der Waals surface area contributed by atoms with Gasteiger partial charge in [-0.25, -0.2) is 17.8 Å². The Hall–Kier alpha value is -3.46. The molecule has 144 valence electrons. The lowest BCUT2D eigenvalue weighted by Crippen LogP contribution is -2.14. The molecule has 1 heterocycles. The fraction of sp³-hybridized carbons (Fsp3) is 0.0526. The molecule has 0 bridgehead atoms. The maximum absolute atomic E-state index is 13.2. The van der Waals surface area contributed by atoms with Crippen molar-refractivity contribution in [3.63, 3.8) is 0 Å². The Bertz CT molecular complexity index is 1130. The quantitative estimate of drug-likeness (QED) is 0.659. The predicted molar refractivity (Wildman–Crippen MR) is 101 cm³/mol. The van der Waals surface area contributed by atoms with Crippen molar-refractivity contribution in [1.29, 1.82) is 0 Å². The molecule has 0 radical (unpaired) electrons. The van der Waals surface area contributed by atoms with Crippen LogP contribution in [-0.2, 0) is 10.0 Å². The van der Waals surface area contributed by atoms with Crippen LogP contribution in [0.3, 0.4) is 0 Å². The van der Waals surface area contributed by atoms with E-state index in [4.69, 9.17) is 10.5 Å². The molecule has 0 aliphatic carbocycles. The maximum atomic E-state index is 13.2. The Morgan fingerprint density at radius 2 is 1.93 bits per heavy atom. The van der Waals surface area contributed by atoms with E-state index in [0.29, 0.717) is 5.75 Å². The van der Waals surface area contributed by atoms with Gasteiger partial charge in [-0.1, -0.05) is 6.07 Å². The molecule has 1 aromatic heterocycles. The highest BCUT2D eigenvalue weighted by Crippen LogP contribution is 2.23. The molecule has 1 amide bonds. The Morgan fingerprint density at radius 1 is 1.14 bits per heavy atom. The number of ether oxygens (including phenoxy) is 1. The number of benzene rings is 2. The third-order valence-corrected chi connectivity index (χ3v) is 5.30. The van der Waals surface area contributed by atoms with E-state index in [1.165, 1.54) is 37.4 Å². The van der Waals surface area contributed by atoms with Crippen LogP contribution in [0.25, 0.3) is 0 Å². The van der Waals surface area contributed by atoms with Gasteiger partial charge in [-0.2, -0.15) is 0 Å². The lowest BCUT2D eigenvalue weighted by Gasteiger charge is -2.11. The normalized spacial score (nSPS) is 11.1. The van der Waals surface area contributed by atoms with Crippen LogP contribution in [-0.4, -0.2) is 19.3 Å². The van der Waals surface area contributed by atoms with Gasteiger partial charge in [0, 0.05) is 11.6 Å². The van der Waals surface area contributed by atoms with Crippen molar-refractivity contribution >= 4 is 21.6 Å². The van der Waals surface area contributed by atoms with Crippen molar-refractivity contribution in [2.75, 3.05) is 4.72 Å². The Kier molecular flexibility index (Phi) is 5.27. The molecule has 0 fully saturated rings. The number of hydrogen-bond acceptors (Lipinski definition) is 5. The highest BCUT2D eigenvalue weighted by molar-refractivity contribution is 7.92. The molecule has 0 atom stereocenters. The lowest BCUT2D eigenvalue weighted by molar-refractivity contribution is 0.1000. The highest BCUT2D eigenvalue weighted by Gasteiger charge is 2.17. The summed E-state index contributed by atoms with van der Waals surface area (Å²) in [5, 5.41) is 0. The molecule has 0 aliphatic heterocycles. The summed E-state index contributed by atoms with van der Waals surface area (Å²) in [6.45, 7) is 1.51. The minimum absolute atomic E-state index is 0.0301. The monoisotopic (exact) mass is 401 g/mol. The number of halogens is 1. The first kappa shape index (κ1) is 19.3.